The molecular formula is C55H95NO13. The number of carbonyl (C=O) groups is 1. The summed E-state index contributed by atoms with van der Waals surface area (Å²) in [5.74, 6) is -0.235. The zero-order valence-electron chi connectivity index (χ0n) is 42.3. The van der Waals surface area contributed by atoms with E-state index in [0.717, 1.165) is 89.9 Å². The van der Waals surface area contributed by atoms with Gasteiger partial charge >= 0.3 is 0 Å². The molecule has 14 nitrogen and oxygen atoms in total. The summed E-state index contributed by atoms with van der Waals surface area (Å²) >= 11 is 0. The zero-order valence-corrected chi connectivity index (χ0v) is 42.3. The largest absolute Gasteiger partial charge is 0.394 e. The molecule has 0 aromatic rings. The highest BCUT2D eigenvalue weighted by atomic mass is 16.7. The predicted octanol–water partition coefficient (Wildman–Crippen LogP) is 7.60. The molecule has 9 N–H and O–H groups in total. The van der Waals surface area contributed by atoms with E-state index in [2.05, 4.69) is 92.1 Å². The van der Waals surface area contributed by atoms with Crippen LogP contribution in [0.4, 0.5) is 0 Å². The molecule has 2 aliphatic heterocycles. The van der Waals surface area contributed by atoms with Crippen LogP contribution in [-0.4, -0.2) is 140 Å². The van der Waals surface area contributed by atoms with Gasteiger partial charge in [-0.25, -0.2) is 0 Å². The zero-order chi connectivity index (χ0) is 50.3. The van der Waals surface area contributed by atoms with Crippen LogP contribution < -0.4 is 5.32 Å². The number of aliphatic hydroxyl groups is 8. The fourth-order valence-electron chi connectivity index (χ4n) is 8.36. The van der Waals surface area contributed by atoms with Gasteiger partial charge < -0.3 is 65.1 Å². The average Bonchev–Trinajstić information content (AvgIpc) is 3.35. The van der Waals surface area contributed by atoms with Crippen LogP contribution in [0.25, 0.3) is 0 Å². The molecule has 2 aliphatic rings. The summed E-state index contributed by atoms with van der Waals surface area (Å²) < 4.78 is 22.7. The van der Waals surface area contributed by atoms with E-state index in [1.165, 1.54) is 51.4 Å². The molecule has 1 amide bonds. The average molecular weight is 978 g/mol. The Labute approximate surface area is 415 Å². The monoisotopic (exact) mass is 978 g/mol. The number of ether oxygens (including phenoxy) is 4. The lowest BCUT2D eigenvalue weighted by Crippen LogP contribution is -2.65. The molecule has 12 unspecified atom stereocenters. The van der Waals surface area contributed by atoms with Crippen molar-refractivity contribution in [3.8, 4) is 0 Å². The van der Waals surface area contributed by atoms with Crippen molar-refractivity contribution in [1.29, 1.82) is 0 Å². The van der Waals surface area contributed by atoms with Crippen LogP contribution in [-0.2, 0) is 23.7 Å². The van der Waals surface area contributed by atoms with Crippen molar-refractivity contribution < 1.29 is 64.6 Å². The smallest absolute Gasteiger partial charge is 0.220 e. The van der Waals surface area contributed by atoms with E-state index in [-0.39, 0.29) is 18.9 Å². The summed E-state index contributed by atoms with van der Waals surface area (Å²) in [6.07, 6.45) is 34.7. The molecule has 0 spiro atoms. The van der Waals surface area contributed by atoms with Crippen LogP contribution in [0.3, 0.4) is 0 Å². The Hall–Kier alpha value is -2.57. The van der Waals surface area contributed by atoms with E-state index in [9.17, 15) is 45.6 Å². The lowest BCUT2D eigenvalue weighted by Gasteiger charge is -2.46. The van der Waals surface area contributed by atoms with Crippen molar-refractivity contribution in [1.82, 2.24) is 5.32 Å². The first-order valence-electron chi connectivity index (χ1n) is 26.7. The Bertz CT molecular complexity index is 1430. The molecule has 0 saturated carbocycles. The van der Waals surface area contributed by atoms with Crippen molar-refractivity contribution in [3.05, 3.63) is 72.9 Å². The molecule has 2 rings (SSSR count). The van der Waals surface area contributed by atoms with Crippen LogP contribution in [0.5, 0.6) is 0 Å². The van der Waals surface area contributed by atoms with Gasteiger partial charge in [0.15, 0.2) is 12.6 Å². The molecule has 0 bridgehead atoms. The number of nitrogens with one attached hydrogen (secondary N) is 1. The fourth-order valence-corrected chi connectivity index (χ4v) is 8.36. The molecule has 0 aromatic carbocycles. The molecule has 2 heterocycles. The molecule has 2 saturated heterocycles. The van der Waals surface area contributed by atoms with E-state index in [1.807, 2.05) is 0 Å². The van der Waals surface area contributed by atoms with Crippen LogP contribution in [0, 0.1) is 0 Å². The van der Waals surface area contributed by atoms with Gasteiger partial charge in [0.1, 0.15) is 48.8 Å². The Morgan fingerprint density at radius 3 is 1.54 bits per heavy atom. The number of amides is 1. The summed E-state index contributed by atoms with van der Waals surface area (Å²) in [5.41, 5.74) is 0. The number of aliphatic hydroxyl groups excluding tert-OH is 8. The van der Waals surface area contributed by atoms with Crippen LogP contribution in [0.1, 0.15) is 174 Å². The molecule has 398 valence electrons. The third-order valence-electron chi connectivity index (χ3n) is 12.7. The molecular weight excluding hydrogens is 883 g/mol. The van der Waals surface area contributed by atoms with E-state index < -0.39 is 86.8 Å². The number of allylic oxidation sites excluding steroid dienone is 12. The van der Waals surface area contributed by atoms with Gasteiger partial charge in [-0.1, -0.05) is 177 Å². The number of rotatable bonds is 40. The molecule has 0 aliphatic carbocycles. The van der Waals surface area contributed by atoms with Crippen molar-refractivity contribution >= 4 is 5.91 Å². The summed E-state index contributed by atoms with van der Waals surface area (Å²) in [5, 5.41) is 86.9. The molecule has 14 heteroatoms. The van der Waals surface area contributed by atoms with Gasteiger partial charge in [0.25, 0.3) is 0 Å². The Morgan fingerprint density at radius 2 is 1.00 bits per heavy atom. The SMILES string of the molecule is CC/C=C\C/C=C\C/C=C\C/C=C\C/C=C\C/C=C\CCCCCCC(=O)NC(COC1OC(CO)C(OC2OC(CO)C(O)C(O)C2O)C(O)C1O)C(O)CCCCCCCCCCCCCC. The lowest BCUT2D eigenvalue weighted by atomic mass is 9.97. The number of hydrogen-bond donors (Lipinski definition) is 9. The standard InChI is InChI=1S/C55H95NO13/c1-3-5-7-9-11-13-15-17-18-19-20-21-22-23-24-25-26-27-29-31-33-35-37-39-47(60)56-43(44(59)38-36-34-32-30-28-16-14-12-10-8-6-4-2)42-66-54-52(65)50(63)53(46(41-58)68-54)69-55-51(64)49(62)48(61)45(40-57)67-55/h5,7,11,13,17-18,20-21,23-24,26-27,43-46,48-55,57-59,61-65H,3-4,6,8-10,12,14-16,19,22,25,28-42H2,1-2H3,(H,56,60)/b7-5-,13-11-,18-17-,21-20-,24-23-,27-26-. The van der Waals surface area contributed by atoms with Gasteiger partial charge in [0.2, 0.25) is 5.91 Å². The maximum atomic E-state index is 13.2. The number of unbranched alkanes of at least 4 members (excludes halogenated alkanes) is 15. The number of carbonyl (C=O) groups excluding carboxylic acids is 1. The second-order valence-corrected chi connectivity index (χ2v) is 18.6. The summed E-state index contributed by atoms with van der Waals surface area (Å²) in [7, 11) is 0. The molecule has 2 fully saturated rings. The Balaban J connectivity index is 1.80. The van der Waals surface area contributed by atoms with Gasteiger partial charge in [-0.3, -0.25) is 4.79 Å². The summed E-state index contributed by atoms with van der Waals surface area (Å²) in [4.78, 5) is 13.2. The minimum absolute atomic E-state index is 0.235. The minimum Gasteiger partial charge on any atom is -0.394 e. The van der Waals surface area contributed by atoms with Gasteiger partial charge in [-0.05, 0) is 64.2 Å². The van der Waals surface area contributed by atoms with Gasteiger partial charge in [0.05, 0.1) is 32.0 Å². The molecule has 12 atom stereocenters. The first-order chi connectivity index (χ1) is 33.6. The predicted molar refractivity (Wildman–Crippen MR) is 272 cm³/mol. The second-order valence-electron chi connectivity index (χ2n) is 18.6. The summed E-state index contributed by atoms with van der Waals surface area (Å²) in [6, 6.07) is -0.845. The van der Waals surface area contributed by atoms with E-state index in [0.29, 0.717) is 12.8 Å². The lowest BCUT2D eigenvalue weighted by molar-refractivity contribution is -0.359. The second kappa shape index (κ2) is 41.0. The highest BCUT2D eigenvalue weighted by Gasteiger charge is 2.51. The van der Waals surface area contributed by atoms with Crippen molar-refractivity contribution in [3.63, 3.8) is 0 Å². The highest BCUT2D eigenvalue weighted by molar-refractivity contribution is 5.76. The Morgan fingerprint density at radius 1 is 0.536 bits per heavy atom. The van der Waals surface area contributed by atoms with Crippen molar-refractivity contribution in [2.45, 2.75) is 248 Å². The maximum Gasteiger partial charge on any atom is 0.220 e. The van der Waals surface area contributed by atoms with Crippen LogP contribution in [0.15, 0.2) is 72.9 Å². The molecule has 69 heavy (non-hydrogen) atoms. The van der Waals surface area contributed by atoms with Crippen molar-refractivity contribution in [2.24, 2.45) is 0 Å². The first-order valence-corrected chi connectivity index (χ1v) is 26.7. The summed E-state index contributed by atoms with van der Waals surface area (Å²) in [6.45, 7) is 2.69. The van der Waals surface area contributed by atoms with Crippen LogP contribution in [0.2, 0.25) is 0 Å². The van der Waals surface area contributed by atoms with Crippen LogP contribution >= 0.6 is 0 Å². The maximum absolute atomic E-state index is 13.2. The third-order valence-corrected chi connectivity index (χ3v) is 12.7. The van der Waals surface area contributed by atoms with Gasteiger partial charge in [-0.2, -0.15) is 0 Å². The van der Waals surface area contributed by atoms with E-state index in [4.69, 9.17) is 18.9 Å². The van der Waals surface area contributed by atoms with E-state index >= 15 is 0 Å². The van der Waals surface area contributed by atoms with Crippen molar-refractivity contribution in [2.75, 3.05) is 19.8 Å². The minimum atomic E-state index is -1.79. The first kappa shape index (κ1) is 62.5. The number of hydrogen-bond acceptors (Lipinski definition) is 13. The highest BCUT2D eigenvalue weighted by Crippen LogP contribution is 2.30. The van der Waals surface area contributed by atoms with E-state index in [1.54, 1.807) is 0 Å². The molecule has 0 aromatic heterocycles. The Kier molecular flexibility index (Phi) is 37.1. The fraction of sp³-hybridized carbons (Fsp3) is 0.764. The normalized spacial score (nSPS) is 26.8. The molecule has 0 radical (unpaired) electrons. The quantitative estimate of drug-likeness (QED) is 0.0213. The van der Waals surface area contributed by atoms with Gasteiger partial charge in [0, 0.05) is 6.42 Å². The van der Waals surface area contributed by atoms with Gasteiger partial charge in [-0.15, -0.1) is 0 Å². The topological polar surface area (TPSA) is 228 Å². The third kappa shape index (κ3) is 27.7.